The molecule has 0 aromatic carbocycles. The van der Waals surface area contributed by atoms with Gasteiger partial charge in [0.2, 0.25) is 0 Å². The molecule has 1 aliphatic heterocycles. The lowest BCUT2D eigenvalue weighted by Crippen LogP contribution is -2.41. The summed E-state index contributed by atoms with van der Waals surface area (Å²) in [6.45, 7) is 7.30. The highest BCUT2D eigenvalue weighted by Crippen LogP contribution is 2.39. The third-order valence-electron chi connectivity index (χ3n) is 2.90. The molecule has 1 heterocycles. The summed E-state index contributed by atoms with van der Waals surface area (Å²) in [5.41, 5.74) is -0.499. The Kier molecular flexibility index (Phi) is 3.93. The molecule has 2 aliphatic rings. The van der Waals surface area contributed by atoms with Crippen molar-refractivity contribution in [1.82, 2.24) is 0 Å². The topological polar surface area (TPSA) is 38.7 Å². The molecule has 1 aliphatic carbocycles. The number of aliphatic hydroxyl groups is 1. The highest BCUT2D eigenvalue weighted by atomic mass is 16.7. The second-order valence-corrected chi connectivity index (χ2v) is 4.10. The molecule has 3 nitrogen and oxygen atoms in total. The average Bonchev–Trinajstić information content (AvgIpc) is 2.64. The first-order valence-corrected chi connectivity index (χ1v) is 5.62. The van der Waals surface area contributed by atoms with Gasteiger partial charge in [0.05, 0.1) is 18.8 Å². The average molecular weight is 202 g/mol. The Bertz CT molecular complexity index is 159. The van der Waals surface area contributed by atoms with E-state index in [1.807, 2.05) is 20.8 Å². The van der Waals surface area contributed by atoms with Crippen molar-refractivity contribution in [3.8, 4) is 0 Å². The Hall–Kier alpha value is -0.120. The molecule has 1 saturated carbocycles. The second-order valence-electron chi connectivity index (χ2n) is 4.10. The largest absolute Gasteiger partial charge is 0.390 e. The Morgan fingerprint density at radius 1 is 0.929 bits per heavy atom. The number of hydrogen-bond donors (Lipinski definition) is 1. The van der Waals surface area contributed by atoms with Gasteiger partial charge in [-0.25, -0.2) is 0 Å². The number of ether oxygens (including phenoxy) is 2. The van der Waals surface area contributed by atoms with Crippen LogP contribution in [-0.4, -0.2) is 29.7 Å². The molecule has 2 rings (SSSR count). The molecule has 0 bridgehead atoms. The van der Waals surface area contributed by atoms with Crippen LogP contribution in [0.4, 0.5) is 0 Å². The monoisotopic (exact) mass is 202 g/mol. The summed E-state index contributed by atoms with van der Waals surface area (Å²) >= 11 is 0. The summed E-state index contributed by atoms with van der Waals surface area (Å²) < 4.78 is 11.1. The van der Waals surface area contributed by atoms with Gasteiger partial charge in [0.25, 0.3) is 0 Å². The molecule has 0 radical (unpaired) electrons. The van der Waals surface area contributed by atoms with Crippen LogP contribution in [0.25, 0.3) is 0 Å². The molecular weight excluding hydrogens is 180 g/mol. The molecule has 0 amide bonds. The summed E-state index contributed by atoms with van der Waals surface area (Å²) in [6, 6.07) is 0. The number of hydrogen-bond acceptors (Lipinski definition) is 3. The summed E-state index contributed by atoms with van der Waals surface area (Å²) in [6.07, 6.45) is 3.24. The van der Waals surface area contributed by atoms with Gasteiger partial charge < -0.3 is 14.6 Å². The zero-order valence-electron chi connectivity index (χ0n) is 9.51. The van der Waals surface area contributed by atoms with Gasteiger partial charge in [0.15, 0.2) is 5.79 Å². The van der Waals surface area contributed by atoms with E-state index in [1.54, 1.807) is 0 Å². The van der Waals surface area contributed by atoms with E-state index >= 15 is 0 Å². The maximum atomic E-state index is 9.71. The van der Waals surface area contributed by atoms with Crippen molar-refractivity contribution in [2.45, 2.75) is 57.8 Å². The Morgan fingerprint density at radius 2 is 1.36 bits per heavy atom. The maximum absolute atomic E-state index is 9.71. The predicted molar refractivity (Wildman–Crippen MR) is 55.1 cm³/mol. The van der Waals surface area contributed by atoms with Crippen LogP contribution in [0.1, 0.15) is 46.5 Å². The highest BCUT2D eigenvalue weighted by Gasteiger charge is 2.43. The van der Waals surface area contributed by atoms with Gasteiger partial charge in [-0.15, -0.1) is 0 Å². The molecule has 1 N–H and O–H groups in total. The standard InChI is InChI=1S/C9H16O3.C2H6/c1-8(10)2-4-9(5-3-8)11-6-7-12-9;1-2/h10H,2-7H2,1H3;1-2H3. The molecule has 0 unspecified atom stereocenters. The Morgan fingerprint density at radius 3 is 1.79 bits per heavy atom. The summed E-state index contributed by atoms with van der Waals surface area (Å²) in [5.74, 6) is -0.331. The van der Waals surface area contributed by atoms with E-state index in [9.17, 15) is 5.11 Å². The molecule has 0 aromatic rings. The molecule has 2 fully saturated rings. The van der Waals surface area contributed by atoms with Gasteiger partial charge >= 0.3 is 0 Å². The molecule has 84 valence electrons. The summed E-state index contributed by atoms with van der Waals surface area (Å²) in [5, 5.41) is 9.71. The molecule has 1 saturated heterocycles. The Labute approximate surface area is 86.4 Å². The lowest BCUT2D eigenvalue weighted by Gasteiger charge is -2.38. The first kappa shape index (κ1) is 12.0. The quantitative estimate of drug-likeness (QED) is 0.653. The zero-order chi connectivity index (χ0) is 10.7. The normalized spacial score (nSPS) is 28.3. The van der Waals surface area contributed by atoms with E-state index < -0.39 is 5.60 Å². The van der Waals surface area contributed by atoms with Crippen LogP contribution >= 0.6 is 0 Å². The first-order valence-electron chi connectivity index (χ1n) is 5.62. The third-order valence-corrected chi connectivity index (χ3v) is 2.90. The SMILES string of the molecule is CC.CC1(O)CCC2(CC1)OCCO2. The fraction of sp³-hybridized carbons (Fsp3) is 1.00. The summed E-state index contributed by atoms with van der Waals surface area (Å²) in [7, 11) is 0. The van der Waals surface area contributed by atoms with E-state index in [0.717, 1.165) is 25.7 Å². The number of rotatable bonds is 0. The van der Waals surface area contributed by atoms with E-state index in [-0.39, 0.29) is 5.79 Å². The first-order chi connectivity index (χ1) is 6.62. The smallest absolute Gasteiger partial charge is 0.168 e. The molecule has 3 heteroatoms. The van der Waals surface area contributed by atoms with Crippen molar-refractivity contribution in [3.05, 3.63) is 0 Å². The molecule has 14 heavy (non-hydrogen) atoms. The van der Waals surface area contributed by atoms with E-state index in [4.69, 9.17) is 9.47 Å². The van der Waals surface area contributed by atoms with Crippen molar-refractivity contribution in [2.75, 3.05) is 13.2 Å². The van der Waals surface area contributed by atoms with Crippen molar-refractivity contribution in [3.63, 3.8) is 0 Å². The second kappa shape index (κ2) is 4.60. The van der Waals surface area contributed by atoms with Crippen LogP contribution in [0.3, 0.4) is 0 Å². The Balaban J connectivity index is 0.000000461. The van der Waals surface area contributed by atoms with Gasteiger partial charge in [-0.2, -0.15) is 0 Å². The van der Waals surface area contributed by atoms with Crippen molar-refractivity contribution in [1.29, 1.82) is 0 Å². The van der Waals surface area contributed by atoms with E-state index in [2.05, 4.69) is 0 Å². The van der Waals surface area contributed by atoms with Crippen LogP contribution in [0.5, 0.6) is 0 Å². The predicted octanol–water partition coefficient (Wildman–Crippen LogP) is 2.08. The zero-order valence-corrected chi connectivity index (χ0v) is 9.51. The molecule has 1 spiro atoms. The van der Waals surface area contributed by atoms with Crippen molar-refractivity contribution >= 4 is 0 Å². The van der Waals surface area contributed by atoms with Crippen molar-refractivity contribution < 1.29 is 14.6 Å². The minimum Gasteiger partial charge on any atom is -0.390 e. The lowest BCUT2D eigenvalue weighted by molar-refractivity contribution is -0.199. The lowest BCUT2D eigenvalue weighted by atomic mass is 9.83. The fourth-order valence-electron chi connectivity index (χ4n) is 1.96. The minimum absolute atomic E-state index is 0.331. The van der Waals surface area contributed by atoms with E-state index in [0.29, 0.717) is 13.2 Å². The van der Waals surface area contributed by atoms with Crippen molar-refractivity contribution in [2.24, 2.45) is 0 Å². The van der Waals surface area contributed by atoms with Gasteiger partial charge in [-0.3, -0.25) is 0 Å². The third kappa shape index (κ3) is 2.69. The van der Waals surface area contributed by atoms with Gasteiger partial charge in [0, 0.05) is 12.8 Å². The molecule has 0 atom stereocenters. The van der Waals surface area contributed by atoms with Crippen LogP contribution < -0.4 is 0 Å². The maximum Gasteiger partial charge on any atom is 0.168 e. The molecular formula is C11H22O3. The molecule has 0 aromatic heterocycles. The van der Waals surface area contributed by atoms with Gasteiger partial charge in [-0.05, 0) is 19.8 Å². The van der Waals surface area contributed by atoms with Crippen LogP contribution in [0.15, 0.2) is 0 Å². The van der Waals surface area contributed by atoms with E-state index in [1.165, 1.54) is 0 Å². The van der Waals surface area contributed by atoms with Crippen LogP contribution in [-0.2, 0) is 9.47 Å². The summed E-state index contributed by atoms with van der Waals surface area (Å²) in [4.78, 5) is 0. The van der Waals surface area contributed by atoms with Crippen LogP contribution in [0, 0.1) is 0 Å². The highest BCUT2D eigenvalue weighted by molar-refractivity contribution is 4.88. The van der Waals surface area contributed by atoms with Crippen LogP contribution in [0.2, 0.25) is 0 Å². The van der Waals surface area contributed by atoms with Gasteiger partial charge in [0.1, 0.15) is 0 Å². The van der Waals surface area contributed by atoms with Gasteiger partial charge in [-0.1, -0.05) is 13.8 Å². The fourth-order valence-corrected chi connectivity index (χ4v) is 1.96. The minimum atomic E-state index is -0.499.